The van der Waals surface area contributed by atoms with Crippen molar-refractivity contribution in [1.82, 2.24) is 25.4 Å². The first-order valence-electron chi connectivity index (χ1n) is 5.48. The van der Waals surface area contributed by atoms with Gasteiger partial charge in [0.05, 0.1) is 6.61 Å². The van der Waals surface area contributed by atoms with Crippen LogP contribution in [-0.4, -0.2) is 66.4 Å². The van der Waals surface area contributed by atoms with E-state index >= 15 is 0 Å². The molecule has 7 heteroatoms. The lowest BCUT2D eigenvalue weighted by Gasteiger charge is -2.15. The van der Waals surface area contributed by atoms with Crippen LogP contribution in [0.5, 0.6) is 0 Å². The number of aromatic amines is 1. The molecule has 1 aromatic heterocycles. The summed E-state index contributed by atoms with van der Waals surface area (Å²) in [6, 6.07) is 0. The Morgan fingerprint density at radius 1 is 1.53 bits per heavy atom. The van der Waals surface area contributed by atoms with Gasteiger partial charge in [0, 0.05) is 26.7 Å². The Balaban J connectivity index is 2.20. The topological polar surface area (TPSA) is 83.1 Å². The van der Waals surface area contributed by atoms with Crippen LogP contribution < -0.4 is 5.32 Å². The lowest BCUT2D eigenvalue weighted by molar-refractivity contribution is 0.0937. The second kappa shape index (κ2) is 6.97. The lowest BCUT2D eigenvalue weighted by Crippen LogP contribution is -2.34. The van der Waals surface area contributed by atoms with E-state index in [-0.39, 0.29) is 11.7 Å². The molecular formula is C10H19N5O2. The maximum atomic E-state index is 11.6. The third-order valence-electron chi connectivity index (χ3n) is 2.26. The lowest BCUT2D eigenvalue weighted by atomic mass is 10.5. The molecule has 0 radical (unpaired) electrons. The van der Waals surface area contributed by atoms with Gasteiger partial charge in [-0.25, -0.2) is 4.98 Å². The molecule has 0 spiro atoms. The summed E-state index contributed by atoms with van der Waals surface area (Å²) in [6.07, 6.45) is 0. The van der Waals surface area contributed by atoms with E-state index in [1.807, 2.05) is 7.05 Å². The Morgan fingerprint density at radius 2 is 2.29 bits per heavy atom. The van der Waals surface area contributed by atoms with E-state index in [9.17, 15) is 4.79 Å². The van der Waals surface area contributed by atoms with Crippen LogP contribution in [0.15, 0.2) is 0 Å². The van der Waals surface area contributed by atoms with Crippen LogP contribution in [0.25, 0.3) is 0 Å². The number of hydrogen-bond donors (Lipinski definition) is 2. The van der Waals surface area contributed by atoms with Crippen LogP contribution >= 0.6 is 0 Å². The SMILES string of the molecule is COCCN(C)CCNC(=O)c1n[nH]c(C)n1. The number of H-pyrrole nitrogens is 1. The largest absolute Gasteiger partial charge is 0.383 e. The number of methoxy groups -OCH3 is 1. The second-order valence-corrected chi connectivity index (χ2v) is 3.80. The molecule has 7 nitrogen and oxygen atoms in total. The zero-order chi connectivity index (χ0) is 12.7. The fourth-order valence-corrected chi connectivity index (χ4v) is 1.24. The summed E-state index contributed by atoms with van der Waals surface area (Å²) in [5.41, 5.74) is 0. The highest BCUT2D eigenvalue weighted by atomic mass is 16.5. The molecule has 1 heterocycles. The number of nitrogens with zero attached hydrogens (tertiary/aromatic N) is 3. The Labute approximate surface area is 101 Å². The van der Waals surface area contributed by atoms with Crippen molar-refractivity contribution >= 4 is 5.91 Å². The maximum absolute atomic E-state index is 11.6. The maximum Gasteiger partial charge on any atom is 0.291 e. The highest BCUT2D eigenvalue weighted by molar-refractivity contribution is 5.90. The minimum Gasteiger partial charge on any atom is -0.383 e. The highest BCUT2D eigenvalue weighted by Gasteiger charge is 2.10. The molecule has 0 unspecified atom stereocenters. The summed E-state index contributed by atoms with van der Waals surface area (Å²) < 4.78 is 4.96. The average molecular weight is 241 g/mol. The minimum absolute atomic E-state index is 0.182. The van der Waals surface area contributed by atoms with Crippen LogP contribution in [0.4, 0.5) is 0 Å². The van der Waals surface area contributed by atoms with Gasteiger partial charge in [-0.3, -0.25) is 9.89 Å². The summed E-state index contributed by atoms with van der Waals surface area (Å²) in [6.45, 7) is 4.60. The number of nitrogens with one attached hydrogen (secondary N) is 2. The van der Waals surface area contributed by atoms with Crippen LogP contribution in [0.3, 0.4) is 0 Å². The van der Waals surface area contributed by atoms with E-state index < -0.39 is 0 Å². The number of aromatic nitrogens is 3. The van der Waals surface area contributed by atoms with E-state index in [4.69, 9.17) is 4.74 Å². The van der Waals surface area contributed by atoms with Gasteiger partial charge in [0.1, 0.15) is 5.82 Å². The van der Waals surface area contributed by atoms with Gasteiger partial charge in [0.2, 0.25) is 5.82 Å². The number of hydrogen-bond acceptors (Lipinski definition) is 5. The van der Waals surface area contributed by atoms with Crippen molar-refractivity contribution in [2.45, 2.75) is 6.92 Å². The summed E-state index contributed by atoms with van der Waals surface area (Å²) in [4.78, 5) is 17.6. The molecule has 0 bridgehead atoms. The quantitative estimate of drug-likeness (QED) is 0.667. The van der Waals surface area contributed by atoms with Gasteiger partial charge < -0.3 is 15.0 Å². The van der Waals surface area contributed by atoms with E-state index in [1.54, 1.807) is 14.0 Å². The van der Waals surface area contributed by atoms with E-state index in [1.165, 1.54) is 0 Å². The van der Waals surface area contributed by atoms with Gasteiger partial charge in [0.15, 0.2) is 0 Å². The highest BCUT2D eigenvalue weighted by Crippen LogP contribution is 1.90. The van der Waals surface area contributed by atoms with Gasteiger partial charge in [-0.15, -0.1) is 5.10 Å². The van der Waals surface area contributed by atoms with Gasteiger partial charge in [-0.05, 0) is 14.0 Å². The summed E-state index contributed by atoms with van der Waals surface area (Å²) in [5, 5.41) is 9.16. The third kappa shape index (κ3) is 4.92. The molecule has 0 aliphatic carbocycles. The number of amides is 1. The number of carbonyl (C=O) groups is 1. The van der Waals surface area contributed by atoms with Crippen LogP contribution in [0, 0.1) is 6.92 Å². The molecular weight excluding hydrogens is 222 g/mol. The monoisotopic (exact) mass is 241 g/mol. The average Bonchev–Trinajstić information content (AvgIpc) is 2.73. The van der Waals surface area contributed by atoms with Gasteiger partial charge in [-0.1, -0.05) is 0 Å². The van der Waals surface area contributed by atoms with Crippen molar-refractivity contribution in [2.75, 3.05) is 40.4 Å². The van der Waals surface area contributed by atoms with E-state index in [0.29, 0.717) is 19.0 Å². The Bertz CT molecular complexity index is 352. The first-order chi connectivity index (χ1) is 8.13. The fraction of sp³-hybridized carbons (Fsp3) is 0.700. The van der Waals surface area contributed by atoms with Crippen molar-refractivity contribution < 1.29 is 9.53 Å². The molecule has 0 aliphatic rings. The van der Waals surface area contributed by atoms with Crippen LogP contribution in [0.2, 0.25) is 0 Å². The Kier molecular flexibility index (Phi) is 5.58. The molecule has 0 saturated heterocycles. The molecule has 0 saturated carbocycles. The molecule has 1 amide bonds. The Hall–Kier alpha value is -1.47. The predicted octanol–water partition coefficient (Wildman–Crippen LogP) is -0.579. The normalized spacial score (nSPS) is 10.8. The zero-order valence-electron chi connectivity index (χ0n) is 10.5. The summed E-state index contributed by atoms with van der Waals surface area (Å²) in [7, 11) is 3.64. The number of aryl methyl sites for hydroxylation is 1. The Morgan fingerprint density at radius 3 is 2.88 bits per heavy atom. The first-order valence-corrected chi connectivity index (χ1v) is 5.48. The van der Waals surface area contributed by atoms with Crippen molar-refractivity contribution in [2.24, 2.45) is 0 Å². The van der Waals surface area contributed by atoms with Crippen molar-refractivity contribution in [3.8, 4) is 0 Å². The summed E-state index contributed by atoms with van der Waals surface area (Å²) >= 11 is 0. The van der Waals surface area contributed by atoms with Gasteiger partial charge in [-0.2, -0.15) is 0 Å². The van der Waals surface area contributed by atoms with Crippen molar-refractivity contribution in [1.29, 1.82) is 0 Å². The number of likely N-dealkylation sites (N-methyl/N-ethyl adjacent to an activating group) is 1. The molecule has 0 aliphatic heterocycles. The van der Waals surface area contributed by atoms with Gasteiger partial charge >= 0.3 is 0 Å². The minimum atomic E-state index is -0.255. The van der Waals surface area contributed by atoms with Crippen molar-refractivity contribution in [3.05, 3.63) is 11.6 Å². The summed E-state index contributed by atoms with van der Waals surface area (Å²) in [5.74, 6) is 0.559. The second-order valence-electron chi connectivity index (χ2n) is 3.80. The zero-order valence-corrected chi connectivity index (χ0v) is 10.5. The third-order valence-corrected chi connectivity index (χ3v) is 2.26. The molecule has 1 rings (SSSR count). The number of ether oxygens (including phenoxy) is 1. The number of carbonyl (C=O) groups excluding carboxylic acids is 1. The molecule has 0 atom stereocenters. The van der Waals surface area contributed by atoms with Crippen LogP contribution in [-0.2, 0) is 4.74 Å². The molecule has 1 aromatic rings. The molecule has 0 aromatic carbocycles. The standard InChI is InChI=1S/C10H19N5O2/c1-8-12-9(14-13-8)10(16)11-4-5-15(2)6-7-17-3/h4-7H2,1-3H3,(H,11,16)(H,12,13,14). The predicted molar refractivity (Wildman–Crippen MR) is 62.8 cm³/mol. The fourth-order valence-electron chi connectivity index (χ4n) is 1.24. The van der Waals surface area contributed by atoms with Crippen LogP contribution in [0.1, 0.15) is 16.4 Å². The molecule has 96 valence electrons. The van der Waals surface area contributed by atoms with E-state index in [0.717, 1.165) is 13.1 Å². The van der Waals surface area contributed by atoms with E-state index in [2.05, 4.69) is 25.4 Å². The molecule has 2 N–H and O–H groups in total. The number of rotatable bonds is 7. The first kappa shape index (κ1) is 13.6. The molecule has 17 heavy (non-hydrogen) atoms. The van der Waals surface area contributed by atoms with Crippen molar-refractivity contribution in [3.63, 3.8) is 0 Å². The smallest absolute Gasteiger partial charge is 0.291 e. The molecule has 0 fully saturated rings. The van der Waals surface area contributed by atoms with Gasteiger partial charge in [0.25, 0.3) is 5.91 Å².